The summed E-state index contributed by atoms with van der Waals surface area (Å²) in [6.07, 6.45) is 3.12. The van der Waals surface area contributed by atoms with E-state index in [0.717, 1.165) is 17.8 Å². The minimum Gasteiger partial charge on any atom is -0.396 e. The molecule has 3 rings (SSSR count). The van der Waals surface area contributed by atoms with Crippen LogP contribution in [0, 0.1) is 11.8 Å². The van der Waals surface area contributed by atoms with Gasteiger partial charge < -0.3 is 9.67 Å². The van der Waals surface area contributed by atoms with E-state index >= 15 is 0 Å². The summed E-state index contributed by atoms with van der Waals surface area (Å²) < 4.78 is 1.92. The summed E-state index contributed by atoms with van der Waals surface area (Å²) in [5, 5.41) is 9.46. The van der Waals surface area contributed by atoms with E-state index in [-0.39, 0.29) is 12.5 Å². The smallest absolute Gasteiger partial charge is 0.164 e. The molecule has 0 radical (unpaired) electrons. The SMILES string of the molecule is C=C1[C@H](CO)[C@H]1Cn1cnc2c(Cl)ncnc21. The maximum atomic E-state index is 9.10. The number of rotatable bonds is 3. The Morgan fingerprint density at radius 1 is 1.35 bits per heavy atom. The van der Waals surface area contributed by atoms with Crippen molar-refractivity contribution >= 4 is 22.8 Å². The molecule has 17 heavy (non-hydrogen) atoms. The van der Waals surface area contributed by atoms with E-state index in [1.807, 2.05) is 4.57 Å². The lowest BCUT2D eigenvalue weighted by Crippen LogP contribution is -2.02. The van der Waals surface area contributed by atoms with Crippen LogP contribution in [-0.2, 0) is 6.54 Å². The molecule has 5 nitrogen and oxygen atoms in total. The van der Waals surface area contributed by atoms with Gasteiger partial charge in [0.15, 0.2) is 10.8 Å². The fourth-order valence-electron chi connectivity index (χ4n) is 2.13. The summed E-state index contributed by atoms with van der Waals surface area (Å²) in [4.78, 5) is 12.2. The van der Waals surface area contributed by atoms with Gasteiger partial charge in [0.25, 0.3) is 0 Å². The molecule has 88 valence electrons. The first kappa shape index (κ1) is 10.7. The van der Waals surface area contributed by atoms with Crippen LogP contribution in [0.4, 0.5) is 0 Å². The van der Waals surface area contributed by atoms with Gasteiger partial charge in [0.1, 0.15) is 11.8 Å². The molecule has 1 N–H and O–H groups in total. The van der Waals surface area contributed by atoms with Crippen LogP contribution in [0.1, 0.15) is 0 Å². The van der Waals surface area contributed by atoms with Gasteiger partial charge in [0.05, 0.1) is 12.9 Å². The van der Waals surface area contributed by atoms with E-state index in [4.69, 9.17) is 16.7 Å². The summed E-state index contributed by atoms with van der Waals surface area (Å²) in [6, 6.07) is 0. The molecular formula is C11H11ClN4O. The summed E-state index contributed by atoms with van der Waals surface area (Å²) in [6.45, 7) is 4.81. The Hall–Kier alpha value is -1.46. The summed E-state index contributed by atoms with van der Waals surface area (Å²) >= 11 is 5.92. The second-order valence-corrected chi connectivity index (χ2v) is 4.56. The zero-order valence-electron chi connectivity index (χ0n) is 9.04. The molecule has 2 aromatic heterocycles. The number of imidazole rings is 1. The van der Waals surface area contributed by atoms with Crippen LogP contribution in [0.5, 0.6) is 0 Å². The number of aliphatic hydroxyl groups is 1. The van der Waals surface area contributed by atoms with Gasteiger partial charge in [-0.1, -0.05) is 23.8 Å². The Morgan fingerprint density at radius 2 is 2.18 bits per heavy atom. The monoisotopic (exact) mass is 250 g/mol. The Labute approximate surface area is 103 Å². The average Bonchev–Trinajstić information content (AvgIpc) is 2.74. The number of aromatic nitrogens is 4. The second-order valence-electron chi connectivity index (χ2n) is 4.20. The van der Waals surface area contributed by atoms with Crippen molar-refractivity contribution < 1.29 is 5.11 Å². The highest BCUT2D eigenvalue weighted by molar-refractivity contribution is 6.33. The Bertz CT molecular complexity index is 594. The molecule has 0 spiro atoms. The molecule has 0 aromatic carbocycles. The molecule has 0 unspecified atom stereocenters. The lowest BCUT2D eigenvalue weighted by molar-refractivity contribution is 0.269. The molecule has 1 aliphatic carbocycles. The highest BCUT2D eigenvalue weighted by Crippen LogP contribution is 2.45. The van der Waals surface area contributed by atoms with Crippen LogP contribution in [0.15, 0.2) is 24.8 Å². The van der Waals surface area contributed by atoms with E-state index in [1.54, 1.807) is 6.33 Å². The summed E-state index contributed by atoms with van der Waals surface area (Å²) in [7, 11) is 0. The van der Waals surface area contributed by atoms with Crippen molar-refractivity contribution in [3.8, 4) is 0 Å². The zero-order chi connectivity index (χ0) is 12.0. The van der Waals surface area contributed by atoms with Crippen molar-refractivity contribution in [1.82, 2.24) is 19.5 Å². The van der Waals surface area contributed by atoms with Crippen molar-refractivity contribution in [2.75, 3.05) is 6.61 Å². The van der Waals surface area contributed by atoms with Crippen molar-refractivity contribution in [2.45, 2.75) is 6.54 Å². The molecule has 2 aromatic rings. The fraction of sp³-hybridized carbons (Fsp3) is 0.364. The fourth-order valence-corrected chi connectivity index (χ4v) is 2.31. The number of hydrogen-bond donors (Lipinski definition) is 1. The lowest BCUT2D eigenvalue weighted by Gasteiger charge is -2.01. The lowest BCUT2D eigenvalue weighted by atomic mass is 10.3. The summed E-state index contributed by atoms with van der Waals surface area (Å²) in [5.74, 6) is 0.524. The highest BCUT2D eigenvalue weighted by Gasteiger charge is 2.41. The molecular weight excluding hydrogens is 240 g/mol. The predicted octanol–water partition coefficient (Wildman–Crippen LogP) is 1.27. The first-order valence-electron chi connectivity index (χ1n) is 5.33. The van der Waals surface area contributed by atoms with Crippen LogP contribution < -0.4 is 0 Å². The molecule has 2 heterocycles. The quantitative estimate of drug-likeness (QED) is 0.658. The Morgan fingerprint density at radius 3 is 2.88 bits per heavy atom. The van der Waals surface area contributed by atoms with Gasteiger partial charge >= 0.3 is 0 Å². The second kappa shape index (κ2) is 3.78. The van der Waals surface area contributed by atoms with Crippen LogP contribution in [0.25, 0.3) is 11.2 Å². The van der Waals surface area contributed by atoms with E-state index in [1.165, 1.54) is 6.33 Å². The molecule has 0 amide bonds. The van der Waals surface area contributed by atoms with Crippen LogP contribution in [0.3, 0.4) is 0 Å². The van der Waals surface area contributed by atoms with Gasteiger partial charge in [0.2, 0.25) is 0 Å². The van der Waals surface area contributed by atoms with Gasteiger partial charge in [-0.3, -0.25) is 0 Å². The van der Waals surface area contributed by atoms with E-state index in [0.29, 0.717) is 16.6 Å². The average molecular weight is 251 g/mol. The molecule has 1 fully saturated rings. The minimum atomic E-state index is 0.159. The van der Waals surface area contributed by atoms with Crippen molar-refractivity contribution in [3.05, 3.63) is 30.0 Å². The number of fused-ring (bicyclic) bond motifs is 1. The third kappa shape index (κ3) is 1.62. The topological polar surface area (TPSA) is 63.8 Å². The molecule has 1 aliphatic rings. The standard InChI is InChI=1S/C11H11ClN4O/c1-6-7(8(6)3-17)2-16-5-15-9-10(12)13-4-14-11(9)16/h4-5,7-8,17H,1-3H2/t7-,8-/m0/s1. The predicted molar refractivity (Wildman–Crippen MR) is 63.5 cm³/mol. The van der Waals surface area contributed by atoms with E-state index in [2.05, 4.69) is 21.5 Å². The molecule has 0 bridgehead atoms. The maximum absolute atomic E-state index is 9.10. The number of aliphatic hydroxyl groups excluding tert-OH is 1. The summed E-state index contributed by atoms with van der Waals surface area (Å²) in [5.41, 5.74) is 2.43. The Kier molecular flexibility index (Phi) is 2.38. The van der Waals surface area contributed by atoms with Crippen molar-refractivity contribution in [3.63, 3.8) is 0 Å². The van der Waals surface area contributed by atoms with Crippen molar-refractivity contribution in [1.29, 1.82) is 0 Å². The van der Waals surface area contributed by atoms with E-state index in [9.17, 15) is 0 Å². The van der Waals surface area contributed by atoms with Gasteiger partial charge in [-0.05, 0) is 0 Å². The van der Waals surface area contributed by atoms with Crippen LogP contribution >= 0.6 is 11.6 Å². The molecule has 0 aliphatic heterocycles. The van der Waals surface area contributed by atoms with Crippen LogP contribution in [-0.4, -0.2) is 31.2 Å². The normalized spacial score (nSPS) is 23.3. The highest BCUT2D eigenvalue weighted by atomic mass is 35.5. The molecule has 6 heteroatoms. The molecule has 1 saturated carbocycles. The first-order valence-corrected chi connectivity index (χ1v) is 5.71. The van der Waals surface area contributed by atoms with Gasteiger partial charge in [-0.15, -0.1) is 0 Å². The number of halogens is 1. The van der Waals surface area contributed by atoms with Gasteiger partial charge in [-0.25, -0.2) is 15.0 Å². The first-order chi connectivity index (χ1) is 8.22. The molecule has 0 saturated heterocycles. The maximum Gasteiger partial charge on any atom is 0.164 e. The van der Waals surface area contributed by atoms with Crippen molar-refractivity contribution in [2.24, 2.45) is 11.8 Å². The number of nitrogens with zero attached hydrogens (tertiary/aromatic N) is 4. The minimum absolute atomic E-state index is 0.159. The van der Waals surface area contributed by atoms with E-state index < -0.39 is 0 Å². The molecule has 2 atom stereocenters. The third-order valence-electron chi connectivity index (χ3n) is 3.28. The number of hydrogen-bond acceptors (Lipinski definition) is 4. The van der Waals surface area contributed by atoms with Crippen LogP contribution in [0.2, 0.25) is 5.15 Å². The third-order valence-corrected chi connectivity index (χ3v) is 3.55. The van der Waals surface area contributed by atoms with Gasteiger partial charge in [0, 0.05) is 18.4 Å². The van der Waals surface area contributed by atoms with Gasteiger partial charge in [-0.2, -0.15) is 0 Å². The largest absolute Gasteiger partial charge is 0.396 e. The Balaban J connectivity index is 1.92. The zero-order valence-corrected chi connectivity index (χ0v) is 9.80.